The van der Waals surface area contributed by atoms with Crippen LogP contribution in [0.25, 0.3) is 0 Å². The number of β-amino-alcohol motifs (C(OH)–C–C–N with tert-alkyl or cyclic N) is 1. The molecule has 2 aromatic rings. The van der Waals surface area contributed by atoms with Crippen molar-refractivity contribution in [3.8, 4) is 5.75 Å². The van der Waals surface area contributed by atoms with Crippen molar-refractivity contribution in [1.82, 2.24) is 9.80 Å². The van der Waals surface area contributed by atoms with E-state index in [1.165, 1.54) is 0 Å². The van der Waals surface area contributed by atoms with Crippen molar-refractivity contribution in [2.45, 2.75) is 19.4 Å². The molecule has 1 unspecified atom stereocenters. The quantitative estimate of drug-likeness (QED) is 0.821. The van der Waals surface area contributed by atoms with Crippen LogP contribution in [0.4, 0.5) is 0 Å². The molecule has 1 aliphatic heterocycles. The van der Waals surface area contributed by atoms with E-state index in [9.17, 15) is 9.90 Å². The molecular weight excluding hydrogens is 332 g/mol. The summed E-state index contributed by atoms with van der Waals surface area (Å²) in [4.78, 5) is 16.6. The Bertz CT molecular complexity index is 676. The Morgan fingerprint density at radius 1 is 1.19 bits per heavy atom. The summed E-state index contributed by atoms with van der Waals surface area (Å²) in [6, 6.07) is 11.2. The zero-order valence-electron chi connectivity index (χ0n) is 15.1. The number of nitrogens with zero attached hydrogens (tertiary/aromatic N) is 2. The highest BCUT2D eigenvalue weighted by molar-refractivity contribution is 5.78. The van der Waals surface area contributed by atoms with E-state index in [2.05, 4.69) is 4.90 Å². The highest BCUT2D eigenvalue weighted by atomic mass is 16.5. The van der Waals surface area contributed by atoms with Gasteiger partial charge >= 0.3 is 0 Å². The first-order valence-corrected chi connectivity index (χ1v) is 9.09. The SMILES string of the molecule is CCOc1ccc(CC(=O)N2CCN(CC(O)c3ccco3)CC2)cc1. The third-order valence-corrected chi connectivity index (χ3v) is 4.62. The number of ether oxygens (including phenoxy) is 1. The zero-order chi connectivity index (χ0) is 18.4. The average Bonchev–Trinajstić information content (AvgIpc) is 3.19. The molecule has 1 N–H and O–H groups in total. The number of benzene rings is 1. The van der Waals surface area contributed by atoms with Crippen molar-refractivity contribution in [3.63, 3.8) is 0 Å². The highest BCUT2D eigenvalue weighted by Crippen LogP contribution is 2.17. The van der Waals surface area contributed by atoms with E-state index in [0.29, 0.717) is 38.4 Å². The number of hydrogen-bond acceptors (Lipinski definition) is 5. The van der Waals surface area contributed by atoms with Crippen molar-refractivity contribution < 1.29 is 19.1 Å². The molecule has 6 nitrogen and oxygen atoms in total. The van der Waals surface area contributed by atoms with Gasteiger partial charge < -0.3 is 19.2 Å². The molecule has 1 amide bonds. The molecule has 1 saturated heterocycles. The molecule has 1 fully saturated rings. The number of rotatable bonds is 7. The number of carbonyl (C=O) groups excluding carboxylic acids is 1. The topological polar surface area (TPSA) is 66.2 Å². The molecule has 3 rings (SSSR count). The first kappa shape index (κ1) is 18.5. The predicted octanol–water partition coefficient (Wildman–Crippen LogP) is 2.10. The van der Waals surface area contributed by atoms with E-state index in [4.69, 9.17) is 9.15 Å². The van der Waals surface area contributed by atoms with Crippen LogP contribution < -0.4 is 4.74 Å². The molecule has 2 heterocycles. The summed E-state index contributed by atoms with van der Waals surface area (Å²) in [6.45, 7) is 5.98. The van der Waals surface area contributed by atoms with Gasteiger partial charge in [0.1, 0.15) is 17.6 Å². The Hall–Kier alpha value is -2.31. The summed E-state index contributed by atoms with van der Waals surface area (Å²) in [6.07, 6.45) is 1.34. The third kappa shape index (κ3) is 4.86. The Labute approximate surface area is 154 Å². The second kappa shape index (κ2) is 8.87. The van der Waals surface area contributed by atoms with Crippen molar-refractivity contribution in [3.05, 3.63) is 54.0 Å². The Balaban J connectivity index is 1.44. The van der Waals surface area contributed by atoms with Gasteiger partial charge in [-0.15, -0.1) is 0 Å². The predicted molar refractivity (Wildman–Crippen MR) is 98.0 cm³/mol. The summed E-state index contributed by atoms with van der Waals surface area (Å²) in [7, 11) is 0. The number of amides is 1. The maximum atomic E-state index is 12.5. The first-order chi connectivity index (χ1) is 12.7. The van der Waals surface area contributed by atoms with Gasteiger partial charge in [-0.1, -0.05) is 12.1 Å². The number of piperazine rings is 1. The fourth-order valence-corrected chi connectivity index (χ4v) is 3.15. The van der Waals surface area contributed by atoms with E-state index in [-0.39, 0.29) is 5.91 Å². The molecule has 1 aromatic carbocycles. The average molecular weight is 358 g/mol. The molecular formula is C20H26N2O4. The molecule has 0 aliphatic carbocycles. The van der Waals surface area contributed by atoms with Gasteiger partial charge in [-0.2, -0.15) is 0 Å². The van der Waals surface area contributed by atoms with Gasteiger partial charge in [-0.3, -0.25) is 9.69 Å². The molecule has 26 heavy (non-hydrogen) atoms. The van der Waals surface area contributed by atoms with Gasteiger partial charge in [0.05, 0.1) is 19.3 Å². The minimum atomic E-state index is -0.629. The normalized spacial score (nSPS) is 16.5. The summed E-state index contributed by atoms with van der Waals surface area (Å²) in [5.74, 6) is 1.55. The number of hydrogen-bond donors (Lipinski definition) is 1. The first-order valence-electron chi connectivity index (χ1n) is 9.09. The molecule has 0 saturated carbocycles. The van der Waals surface area contributed by atoms with Crippen molar-refractivity contribution in [2.75, 3.05) is 39.3 Å². The fourth-order valence-electron chi connectivity index (χ4n) is 3.15. The van der Waals surface area contributed by atoms with E-state index in [1.807, 2.05) is 36.1 Å². The van der Waals surface area contributed by atoms with Crippen LogP contribution in [-0.2, 0) is 11.2 Å². The van der Waals surface area contributed by atoms with Crippen LogP contribution >= 0.6 is 0 Å². The summed E-state index contributed by atoms with van der Waals surface area (Å²) >= 11 is 0. The maximum Gasteiger partial charge on any atom is 0.227 e. The Morgan fingerprint density at radius 2 is 1.92 bits per heavy atom. The maximum absolute atomic E-state index is 12.5. The van der Waals surface area contributed by atoms with Gasteiger partial charge in [0, 0.05) is 32.7 Å². The molecule has 1 aromatic heterocycles. The van der Waals surface area contributed by atoms with Crippen molar-refractivity contribution in [1.29, 1.82) is 0 Å². The van der Waals surface area contributed by atoms with Crippen LogP contribution in [0.1, 0.15) is 24.4 Å². The summed E-state index contributed by atoms with van der Waals surface area (Å²) < 4.78 is 10.7. The van der Waals surface area contributed by atoms with Crippen LogP contribution in [-0.4, -0.2) is 60.1 Å². The minimum Gasteiger partial charge on any atom is -0.494 e. The lowest BCUT2D eigenvalue weighted by atomic mass is 10.1. The summed E-state index contributed by atoms with van der Waals surface area (Å²) in [5, 5.41) is 10.2. The Morgan fingerprint density at radius 3 is 2.54 bits per heavy atom. The number of furan rings is 1. The van der Waals surface area contributed by atoms with Gasteiger partial charge in [-0.25, -0.2) is 0 Å². The Kier molecular flexibility index (Phi) is 6.30. The van der Waals surface area contributed by atoms with Gasteiger partial charge in [0.25, 0.3) is 0 Å². The van der Waals surface area contributed by atoms with Crippen LogP contribution in [0, 0.1) is 0 Å². The van der Waals surface area contributed by atoms with Crippen LogP contribution in [0.5, 0.6) is 5.75 Å². The molecule has 0 bridgehead atoms. The van der Waals surface area contributed by atoms with Gasteiger partial charge in [-0.05, 0) is 36.8 Å². The molecule has 1 aliphatic rings. The van der Waals surface area contributed by atoms with Gasteiger partial charge in [0.2, 0.25) is 5.91 Å². The lowest BCUT2D eigenvalue weighted by Crippen LogP contribution is -2.50. The van der Waals surface area contributed by atoms with E-state index in [1.54, 1.807) is 18.4 Å². The third-order valence-electron chi connectivity index (χ3n) is 4.62. The monoisotopic (exact) mass is 358 g/mol. The minimum absolute atomic E-state index is 0.139. The number of aliphatic hydroxyl groups excluding tert-OH is 1. The zero-order valence-corrected chi connectivity index (χ0v) is 15.1. The van der Waals surface area contributed by atoms with E-state index >= 15 is 0 Å². The van der Waals surface area contributed by atoms with Crippen LogP contribution in [0.15, 0.2) is 47.1 Å². The molecule has 0 radical (unpaired) electrons. The van der Waals surface area contributed by atoms with E-state index < -0.39 is 6.10 Å². The number of aliphatic hydroxyl groups is 1. The summed E-state index contributed by atoms with van der Waals surface area (Å²) in [5.41, 5.74) is 0.995. The van der Waals surface area contributed by atoms with Crippen molar-refractivity contribution in [2.24, 2.45) is 0 Å². The smallest absolute Gasteiger partial charge is 0.227 e. The van der Waals surface area contributed by atoms with Crippen LogP contribution in [0.2, 0.25) is 0 Å². The number of carbonyl (C=O) groups is 1. The largest absolute Gasteiger partial charge is 0.494 e. The second-order valence-corrected chi connectivity index (χ2v) is 6.47. The van der Waals surface area contributed by atoms with E-state index in [0.717, 1.165) is 24.4 Å². The molecule has 0 spiro atoms. The lowest BCUT2D eigenvalue weighted by Gasteiger charge is -2.35. The standard InChI is InChI=1S/C20H26N2O4/c1-2-25-17-7-5-16(6-8-17)14-20(24)22-11-9-21(10-12-22)15-18(23)19-4-3-13-26-19/h3-8,13,18,23H,2,9-12,14-15H2,1H3. The molecule has 140 valence electrons. The van der Waals surface area contributed by atoms with Crippen molar-refractivity contribution >= 4 is 5.91 Å². The lowest BCUT2D eigenvalue weighted by molar-refractivity contribution is -0.132. The fraction of sp³-hybridized carbons (Fsp3) is 0.450. The van der Waals surface area contributed by atoms with Crippen LogP contribution in [0.3, 0.4) is 0 Å². The second-order valence-electron chi connectivity index (χ2n) is 6.47. The molecule has 1 atom stereocenters. The highest BCUT2D eigenvalue weighted by Gasteiger charge is 2.23. The van der Waals surface area contributed by atoms with Gasteiger partial charge in [0.15, 0.2) is 0 Å². The molecule has 6 heteroatoms.